The molecule has 6 heteroatoms. The highest BCUT2D eigenvalue weighted by atomic mass is 32.1. The molecule has 0 fully saturated rings. The minimum absolute atomic E-state index is 0.298. The summed E-state index contributed by atoms with van der Waals surface area (Å²) in [4.78, 5) is 2.14. The maximum Gasteiger partial charge on any atom is 0.157 e. The molecule has 0 radical (unpaired) electrons. The van der Waals surface area contributed by atoms with Gasteiger partial charge in [0.1, 0.15) is 16.6 Å². The van der Waals surface area contributed by atoms with Crippen molar-refractivity contribution in [1.29, 1.82) is 5.26 Å². The number of nitriles is 1. The van der Waals surface area contributed by atoms with E-state index in [9.17, 15) is 0 Å². The average molecular weight is 267 g/mol. The van der Waals surface area contributed by atoms with Crippen LogP contribution in [0.5, 0.6) is 0 Å². The first kappa shape index (κ1) is 14.7. The maximum absolute atomic E-state index is 9.05. The zero-order valence-electron chi connectivity index (χ0n) is 11.4. The zero-order valence-corrected chi connectivity index (χ0v) is 12.2. The van der Waals surface area contributed by atoms with Crippen LogP contribution in [0.2, 0.25) is 0 Å². The number of rotatable bonds is 6. The summed E-state index contributed by atoms with van der Waals surface area (Å²) in [6, 6.07) is 2.40. The lowest BCUT2D eigenvalue weighted by molar-refractivity contribution is 0.356. The fourth-order valence-electron chi connectivity index (χ4n) is 1.88. The Kier molecular flexibility index (Phi) is 5.38. The van der Waals surface area contributed by atoms with Crippen molar-refractivity contribution in [3.8, 4) is 6.07 Å². The zero-order chi connectivity index (χ0) is 13.7. The Hall–Kier alpha value is -1.32. The summed E-state index contributed by atoms with van der Waals surface area (Å²) in [5, 5.41) is 13.2. The van der Waals surface area contributed by atoms with E-state index in [4.69, 9.17) is 11.0 Å². The second kappa shape index (κ2) is 6.57. The third-order valence-corrected chi connectivity index (χ3v) is 3.30. The van der Waals surface area contributed by atoms with E-state index in [1.807, 2.05) is 14.1 Å². The molecule has 1 aromatic heterocycles. The van der Waals surface area contributed by atoms with Crippen LogP contribution in [0, 0.1) is 17.2 Å². The van der Waals surface area contributed by atoms with Gasteiger partial charge in [0.25, 0.3) is 0 Å². The molecular weight excluding hydrogens is 246 g/mol. The summed E-state index contributed by atoms with van der Waals surface area (Å²) < 4.78 is 4.02. The van der Waals surface area contributed by atoms with Gasteiger partial charge in [0.15, 0.2) is 5.82 Å². The molecule has 1 heterocycles. The molecule has 0 aliphatic carbocycles. The van der Waals surface area contributed by atoms with Crippen LogP contribution < -0.4 is 11.1 Å². The molecule has 0 saturated heterocycles. The molecule has 0 amide bonds. The number of aromatic nitrogens is 1. The Morgan fingerprint density at radius 2 is 2.17 bits per heavy atom. The molecule has 1 unspecified atom stereocenters. The molecule has 0 aromatic carbocycles. The maximum atomic E-state index is 9.05. The molecule has 18 heavy (non-hydrogen) atoms. The van der Waals surface area contributed by atoms with E-state index in [0.29, 0.717) is 23.3 Å². The molecule has 0 spiro atoms. The van der Waals surface area contributed by atoms with Crippen molar-refractivity contribution in [2.45, 2.75) is 26.3 Å². The molecule has 1 aromatic rings. The van der Waals surface area contributed by atoms with Gasteiger partial charge in [-0.25, -0.2) is 0 Å². The van der Waals surface area contributed by atoms with Gasteiger partial charge >= 0.3 is 0 Å². The van der Waals surface area contributed by atoms with E-state index in [1.165, 1.54) is 11.5 Å². The van der Waals surface area contributed by atoms with E-state index in [2.05, 4.69) is 34.5 Å². The average Bonchev–Trinajstić information content (AvgIpc) is 2.57. The van der Waals surface area contributed by atoms with E-state index < -0.39 is 0 Å². The summed E-state index contributed by atoms with van der Waals surface area (Å²) >= 11 is 1.26. The van der Waals surface area contributed by atoms with Crippen LogP contribution in [0.15, 0.2) is 0 Å². The lowest BCUT2D eigenvalue weighted by atomic mass is 10.0. The van der Waals surface area contributed by atoms with Crippen LogP contribution >= 0.6 is 11.5 Å². The first-order valence-electron chi connectivity index (χ1n) is 6.00. The fraction of sp³-hybridized carbons (Fsp3) is 0.667. The minimum Gasteiger partial charge on any atom is -0.382 e. The summed E-state index contributed by atoms with van der Waals surface area (Å²) in [5.41, 5.74) is 6.12. The summed E-state index contributed by atoms with van der Waals surface area (Å²) in [6.07, 6.45) is 1.04. The molecule has 5 nitrogen and oxygen atoms in total. The molecule has 0 saturated carbocycles. The van der Waals surface area contributed by atoms with Crippen molar-refractivity contribution in [3.05, 3.63) is 5.56 Å². The van der Waals surface area contributed by atoms with Gasteiger partial charge in [-0.2, -0.15) is 9.64 Å². The Morgan fingerprint density at radius 3 is 2.67 bits per heavy atom. The Morgan fingerprint density at radius 1 is 1.50 bits per heavy atom. The Bertz CT molecular complexity index is 409. The van der Waals surface area contributed by atoms with Gasteiger partial charge in [0.05, 0.1) is 0 Å². The smallest absolute Gasteiger partial charge is 0.157 e. The van der Waals surface area contributed by atoms with Crippen LogP contribution in [-0.4, -0.2) is 36.0 Å². The van der Waals surface area contributed by atoms with Crippen LogP contribution in [0.25, 0.3) is 0 Å². The molecule has 0 aliphatic heterocycles. The predicted octanol–water partition coefficient (Wildman–Crippen LogP) is 1.99. The van der Waals surface area contributed by atoms with Gasteiger partial charge < -0.3 is 16.0 Å². The van der Waals surface area contributed by atoms with Crippen LogP contribution in [0.1, 0.15) is 25.8 Å². The monoisotopic (exact) mass is 267 g/mol. The van der Waals surface area contributed by atoms with Gasteiger partial charge in [-0.15, -0.1) is 0 Å². The highest BCUT2D eigenvalue weighted by molar-refractivity contribution is 7.10. The van der Waals surface area contributed by atoms with Gasteiger partial charge in [0, 0.05) is 12.6 Å². The second-order valence-electron chi connectivity index (χ2n) is 5.12. The van der Waals surface area contributed by atoms with Crippen molar-refractivity contribution in [2.24, 2.45) is 5.92 Å². The van der Waals surface area contributed by atoms with Gasteiger partial charge in [-0.05, 0) is 38.0 Å². The number of likely N-dealkylation sites (N-methyl/N-ethyl adjacent to an activating group) is 1. The number of nitrogens with two attached hydrogens (primary N) is 1. The molecule has 0 aliphatic rings. The molecule has 1 rings (SSSR count). The largest absolute Gasteiger partial charge is 0.382 e. The van der Waals surface area contributed by atoms with Crippen molar-refractivity contribution in [3.63, 3.8) is 0 Å². The Labute approximate surface area is 113 Å². The summed E-state index contributed by atoms with van der Waals surface area (Å²) in [5.74, 6) is 0.913. The van der Waals surface area contributed by atoms with Crippen LogP contribution in [0.3, 0.4) is 0 Å². The van der Waals surface area contributed by atoms with Crippen LogP contribution in [-0.2, 0) is 0 Å². The van der Waals surface area contributed by atoms with Crippen molar-refractivity contribution < 1.29 is 0 Å². The molecule has 1 atom stereocenters. The van der Waals surface area contributed by atoms with Crippen molar-refractivity contribution in [2.75, 3.05) is 31.7 Å². The summed E-state index contributed by atoms with van der Waals surface area (Å²) in [6.45, 7) is 5.30. The molecule has 3 N–H and O–H groups in total. The lowest BCUT2D eigenvalue weighted by Gasteiger charge is -2.24. The number of anilines is 2. The number of hydrogen-bond donors (Lipinski definition) is 2. The van der Waals surface area contributed by atoms with E-state index in [-0.39, 0.29) is 0 Å². The second-order valence-corrected chi connectivity index (χ2v) is 5.89. The number of nitrogens with one attached hydrogen (secondary N) is 1. The topological polar surface area (TPSA) is 78.0 Å². The first-order valence-corrected chi connectivity index (χ1v) is 6.77. The van der Waals surface area contributed by atoms with Gasteiger partial charge in [-0.1, -0.05) is 13.8 Å². The van der Waals surface area contributed by atoms with Crippen molar-refractivity contribution >= 4 is 22.4 Å². The van der Waals surface area contributed by atoms with E-state index in [0.717, 1.165) is 18.0 Å². The van der Waals surface area contributed by atoms with E-state index in [1.54, 1.807) is 0 Å². The molecule has 0 bridgehead atoms. The van der Waals surface area contributed by atoms with Gasteiger partial charge in [0.2, 0.25) is 0 Å². The summed E-state index contributed by atoms with van der Waals surface area (Å²) in [7, 11) is 4.09. The highest BCUT2D eigenvalue weighted by Crippen LogP contribution is 2.27. The number of nitrogen functional groups attached to an aromatic ring is 1. The normalized spacial score (nSPS) is 12.7. The number of nitrogens with zero attached hydrogens (tertiary/aromatic N) is 3. The quantitative estimate of drug-likeness (QED) is 0.824. The first-order chi connectivity index (χ1) is 8.43. The minimum atomic E-state index is 0.298. The predicted molar refractivity (Wildman–Crippen MR) is 76.7 cm³/mol. The standard InChI is InChI=1S/C12H21N5S/c1-8(2)5-9(7-17(3)4)15-12-10(6-13)11(14)16-18-12/h8-9,15H,5,7H2,1-4H3,(H2,14,16). The fourth-order valence-corrected chi connectivity index (χ4v) is 2.63. The third-order valence-electron chi connectivity index (χ3n) is 2.51. The molecule has 100 valence electrons. The highest BCUT2D eigenvalue weighted by Gasteiger charge is 2.17. The number of hydrogen-bond acceptors (Lipinski definition) is 6. The molecular formula is C12H21N5S. The van der Waals surface area contributed by atoms with Gasteiger partial charge in [-0.3, -0.25) is 0 Å². The van der Waals surface area contributed by atoms with Crippen molar-refractivity contribution in [1.82, 2.24) is 9.27 Å². The van der Waals surface area contributed by atoms with Crippen LogP contribution in [0.4, 0.5) is 10.8 Å². The third kappa shape index (κ3) is 4.17. The SMILES string of the molecule is CC(C)CC(CN(C)C)Nc1snc(N)c1C#N. The Balaban J connectivity index is 2.79. The lowest BCUT2D eigenvalue weighted by Crippen LogP contribution is -2.33. The van der Waals surface area contributed by atoms with E-state index >= 15 is 0 Å².